The Balaban J connectivity index is 2.07. The predicted octanol–water partition coefficient (Wildman–Crippen LogP) is 3.97. The fraction of sp³-hybridized carbons (Fsp3) is 0.111. The summed E-state index contributed by atoms with van der Waals surface area (Å²) in [6.45, 7) is 2.47. The van der Waals surface area contributed by atoms with Crippen molar-refractivity contribution in [3.05, 3.63) is 74.5 Å². The fourth-order valence-corrected chi connectivity index (χ4v) is 2.62. The minimum absolute atomic E-state index is 0.0945. The van der Waals surface area contributed by atoms with Crippen LogP contribution < -0.4 is 10.9 Å². The van der Waals surface area contributed by atoms with Crippen molar-refractivity contribution in [2.45, 2.75) is 13.5 Å². The van der Waals surface area contributed by atoms with Gasteiger partial charge >= 0.3 is 0 Å². The van der Waals surface area contributed by atoms with E-state index in [1.807, 2.05) is 55.5 Å². The molecule has 0 atom stereocenters. The summed E-state index contributed by atoms with van der Waals surface area (Å²) in [7, 11) is 0. The van der Waals surface area contributed by atoms with Crippen molar-refractivity contribution < 1.29 is 0 Å². The molecule has 114 valence electrons. The van der Waals surface area contributed by atoms with Crippen LogP contribution in [0, 0.1) is 18.3 Å². The Labute approximate surface area is 138 Å². The average Bonchev–Trinajstić information content (AvgIpc) is 2.54. The molecule has 0 spiro atoms. The largest absolute Gasteiger partial charge is 0.379 e. The first-order valence-corrected chi connectivity index (χ1v) is 7.51. The second-order valence-corrected chi connectivity index (χ2v) is 5.78. The van der Waals surface area contributed by atoms with Gasteiger partial charge in [-0.15, -0.1) is 0 Å². The van der Waals surface area contributed by atoms with Gasteiger partial charge in [0, 0.05) is 17.0 Å². The minimum atomic E-state index is -0.387. The van der Waals surface area contributed by atoms with Crippen LogP contribution in [0.5, 0.6) is 0 Å². The Morgan fingerprint density at radius 3 is 2.65 bits per heavy atom. The van der Waals surface area contributed by atoms with Gasteiger partial charge in [0.15, 0.2) is 0 Å². The Kier molecular flexibility index (Phi) is 4.05. The first kappa shape index (κ1) is 15.1. The van der Waals surface area contributed by atoms with Crippen LogP contribution in [0.25, 0.3) is 10.9 Å². The van der Waals surface area contributed by atoms with Gasteiger partial charge in [-0.05, 0) is 36.8 Å². The Morgan fingerprint density at radius 2 is 1.96 bits per heavy atom. The number of pyridine rings is 1. The molecule has 0 aliphatic heterocycles. The Bertz CT molecular complexity index is 968. The number of hydrogen-bond donors (Lipinski definition) is 2. The van der Waals surface area contributed by atoms with Gasteiger partial charge in [-0.3, -0.25) is 4.79 Å². The van der Waals surface area contributed by atoms with Crippen LogP contribution in [-0.4, -0.2) is 4.98 Å². The van der Waals surface area contributed by atoms with Crippen LogP contribution in [0.2, 0.25) is 5.02 Å². The molecular weight excluding hydrogens is 310 g/mol. The van der Waals surface area contributed by atoms with Gasteiger partial charge in [-0.2, -0.15) is 5.26 Å². The number of H-pyrrole nitrogens is 1. The van der Waals surface area contributed by atoms with Crippen molar-refractivity contribution in [1.29, 1.82) is 5.26 Å². The highest BCUT2D eigenvalue weighted by Crippen LogP contribution is 2.25. The number of rotatable bonds is 3. The highest BCUT2D eigenvalue weighted by molar-refractivity contribution is 6.30. The molecule has 0 radical (unpaired) electrons. The smallest absolute Gasteiger partial charge is 0.268 e. The van der Waals surface area contributed by atoms with Gasteiger partial charge in [-0.25, -0.2) is 0 Å². The predicted molar refractivity (Wildman–Crippen MR) is 92.8 cm³/mol. The van der Waals surface area contributed by atoms with Crippen LogP contribution in [0.15, 0.2) is 47.3 Å². The molecule has 2 aromatic carbocycles. The van der Waals surface area contributed by atoms with Gasteiger partial charge in [0.25, 0.3) is 5.56 Å². The number of nitriles is 1. The zero-order valence-electron chi connectivity index (χ0n) is 12.5. The van der Waals surface area contributed by atoms with E-state index in [0.717, 1.165) is 16.5 Å². The quantitative estimate of drug-likeness (QED) is 0.766. The number of fused-ring (bicyclic) bond motifs is 1. The Morgan fingerprint density at radius 1 is 1.22 bits per heavy atom. The summed E-state index contributed by atoms with van der Waals surface area (Å²) in [5, 5.41) is 14.1. The van der Waals surface area contributed by atoms with Gasteiger partial charge in [0.2, 0.25) is 0 Å². The van der Waals surface area contributed by atoms with Gasteiger partial charge in [-0.1, -0.05) is 35.4 Å². The lowest BCUT2D eigenvalue weighted by Gasteiger charge is -2.12. The molecule has 2 N–H and O–H groups in total. The molecule has 3 rings (SSSR count). The third-order valence-corrected chi connectivity index (χ3v) is 3.92. The molecule has 3 aromatic rings. The van der Waals surface area contributed by atoms with E-state index in [1.165, 1.54) is 0 Å². The van der Waals surface area contributed by atoms with Crippen molar-refractivity contribution in [2.75, 3.05) is 5.32 Å². The van der Waals surface area contributed by atoms with Crippen molar-refractivity contribution in [2.24, 2.45) is 0 Å². The van der Waals surface area contributed by atoms with Gasteiger partial charge in [0.1, 0.15) is 11.6 Å². The molecule has 1 heterocycles. The molecule has 5 heteroatoms. The maximum absolute atomic E-state index is 12.1. The van der Waals surface area contributed by atoms with Crippen molar-refractivity contribution in [1.82, 2.24) is 4.98 Å². The van der Waals surface area contributed by atoms with E-state index in [-0.39, 0.29) is 11.1 Å². The number of aromatic amines is 1. The fourth-order valence-electron chi connectivity index (χ4n) is 2.49. The molecule has 0 aliphatic carbocycles. The third kappa shape index (κ3) is 3.05. The van der Waals surface area contributed by atoms with Gasteiger partial charge in [0.05, 0.1) is 11.2 Å². The van der Waals surface area contributed by atoms with Gasteiger partial charge < -0.3 is 10.3 Å². The molecule has 0 aliphatic rings. The summed E-state index contributed by atoms with van der Waals surface area (Å²) in [6.07, 6.45) is 0. The van der Waals surface area contributed by atoms with Crippen LogP contribution in [0.3, 0.4) is 0 Å². The lowest BCUT2D eigenvalue weighted by atomic mass is 10.1. The minimum Gasteiger partial charge on any atom is -0.379 e. The molecule has 0 amide bonds. The van der Waals surface area contributed by atoms with Crippen LogP contribution >= 0.6 is 11.6 Å². The highest BCUT2D eigenvalue weighted by Gasteiger charge is 2.12. The highest BCUT2D eigenvalue weighted by atomic mass is 35.5. The van der Waals surface area contributed by atoms with Crippen LogP contribution in [0.1, 0.15) is 16.7 Å². The maximum atomic E-state index is 12.1. The molecule has 1 aromatic heterocycles. The summed E-state index contributed by atoms with van der Waals surface area (Å²) in [5.74, 6) is 0. The third-order valence-electron chi connectivity index (χ3n) is 3.66. The molecule has 0 saturated carbocycles. The second kappa shape index (κ2) is 6.15. The van der Waals surface area contributed by atoms with E-state index in [9.17, 15) is 10.1 Å². The molecule has 0 unspecified atom stereocenters. The standard InChI is InChI=1S/C18H14ClN3O/c1-11-2-7-16-14(8-11)17(15(9-20)18(23)22-16)21-10-12-3-5-13(19)6-4-12/h2-8H,10H2,1H3,(H2,21,22,23). The van der Waals surface area contributed by atoms with E-state index in [4.69, 9.17) is 11.6 Å². The molecule has 4 nitrogen and oxygen atoms in total. The number of halogens is 1. The molecule has 0 bridgehead atoms. The topological polar surface area (TPSA) is 68.7 Å². The zero-order chi connectivity index (χ0) is 16.4. The van der Waals surface area contributed by atoms with E-state index in [0.29, 0.717) is 22.8 Å². The maximum Gasteiger partial charge on any atom is 0.268 e. The number of anilines is 1. The molecule has 0 fully saturated rings. The first-order chi connectivity index (χ1) is 11.1. The number of aryl methyl sites for hydroxylation is 1. The molecular formula is C18H14ClN3O. The summed E-state index contributed by atoms with van der Waals surface area (Å²) >= 11 is 5.88. The van der Waals surface area contributed by atoms with Crippen molar-refractivity contribution in [3.63, 3.8) is 0 Å². The first-order valence-electron chi connectivity index (χ1n) is 7.13. The summed E-state index contributed by atoms with van der Waals surface area (Å²) in [4.78, 5) is 14.8. The number of aromatic nitrogens is 1. The SMILES string of the molecule is Cc1ccc2[nH]c(=O)c(C#N)c(NCc3ccc(Cl)cc3)c2c1. The molecule has 23 heavy (non-hydrogen) atoms. The second-order valence-electron chi connectivity index (χ2n) is 5.34. The molecule has 0 saturated heterocycles. The zero-order valence-corrected chi connectivity index (χ0v) is 13.2. The number of hydrogen-bond acceptors (Lipinski definition) is 3. The average molecular weight is 324 g/mol. The van der Waals surface area contributed by atoms with Crippen molar-refractivity contribution >= 4 is 28.2 Å². The van der Waals surface area contributed by atoms with Crippen molar-refractivity contribution in [3.8, 4) is 6.07 Å². The van der Waals surface area contributed by atoms with E-state index >= 15 is 0 Å². The summed E-state index contributed by atoms with van der Waals surface area (Å²) in [5.41, 5.74) is 3.05. The number of nitrogens with one attached hydrogen (secondary N) is 2. The lowest BCUT2D eigenvalue weighted by Crippen LogP contribution is -2.14. The van der Waals surface area contributed by atoms with Crippen LogP contribution in [0.4, 0.5) is 5.69 Å². The monoisotopic (exact) mass is 323 g/mol. The Hall–Kier alpha value is -2.77. The summed E-state index contributed by atoms with van der Waals surface area (Å²) < 4.78 is 0. The van der Waals surface area contributed by atoms with E-state index in [2.05, 4.69) is 10.3 Å². The summed E-state index contributed by atoms with van der Waals surface area (Å²) in [6, 6.07) is 15.1. The van der Waals surface area contributed by atoms with E-state index < -0.39 is 0 Å². The number of benzene rings is 2. The lowest BCUT2D eigenvalue weighted by molar-refractivity contribution is 1.14. The van der Waals surface area contributed by atoms with E-state index in [1.54, 1.807) is 0 Å². The number of nitrogens with zero attached hydrogens (tertiary/aromatic N) is 1. The normalized spacial score (nSPS) is 10.5. The van der Waals surface area contributed by atoms with Crippen LogP contribution in [-0.2, 0) is 6.54 Å².